The summed E-state index contributed by atoms with van der Waals surface area (Å²) in [6.07, 6.45) is 1.06. The van der Waals surface area contributed by atoms with Gasteiger partial charge in [-0.05, 0) is 25.8 Å². The van der Waals surface area contributed by atoms with E-state index in [1.807, 2.05) is 4.90 Å². The van der Waals surface area contributed by atoms with Crippen LogP contribution < -0.4 is 5.73 Å². The first kappa shape index (κ1) is 13.8. The molecule has 2 unspecified atom stereocenters. The molecule has 0 bridgehead atoms. The molecule has 94 valence electrons. The fraction of sp³-hybridized carbons (Fsp3) is 0.917. The van der Waals surface area contributed by atoms with Crippen LogP contribution in [-0.2, 0) is 4.79 Å². The zero-order valence-electron chi connectivity index (χ0n) is 10.8. The van der Waals surface area contributed by atoms with Gasteiger partial charge in [0.2, 0.25) is 5.91 Å². The molecule has 0 aromatic rings. The van der Waals surface area contributed by atoms with E-state index in [9.17, 15) is 4.79 Å². The summed E-state index contributed by atoms with van der Waals surface area (Å²) in [6.45, 7) is 10.1. The molecule has 0 saturated carbocycles. The van der Waals surface area contributed by atoms with E-state index in [-0.39, 0.29) is 10.7 Å². The van der Waals surface area contributed by atoms with E-state index < -0.39 is 0 Å². The third kappa shape index (κ3) is 3.98. The molecule has 1 heterocycles. The lowest BCUT2D eigenvalue weighted by molar-refractivity contribution is -0.128. The van der Waals surface area contributed by atoms with Gasteiger partial charge in [-0.15, -0.1) is 11.8 Å². The minimum atomic E-state index is 0.159. The number of carbonyl (C=O) groups excluding carboxylic acids is 1. The maximum absolute atomic E-state index is 12.0. The van der Waals surface area contributed by atoms with Crippen molar-refractivity contribution in [3.05, 3.63) is 0 Å². The Labute approximate surface area is 103 Å². The van der Waals surface area contributed by atoms with E-state index in [1.54, 1.807) is 11.8 Å². The molecule has 0 spiro atoms. The molecule has 0 aromatic heterocycles. The quantitative estimate of drug-likeness (QED) is 0.822. The fourth-order valence-electron chi connectivity index (χ4n) is 2.02. The largest absolute Gasteiger partial charge is 0.339 e. The Hall–Kier alpha value is -0.220. The van der Waals surface area contributed by atoms with Crippen LogP contribution in [0, 0.1) is 5.92 Å². The highest BCUT2D eigenvalue weighted by Crippen LogP contribution is 2.26. The Balaban J connectivity index is 2.43. The van der Waals surface area contributed by atoms with Crippen LogP contribution in [0.1, 0.15) is 34.1 Å². The van der Waals surface area contributed by atoms with Gasteiger partial charge in [0.25, 0.3) is 0 Å². The van der Waals surface area contributed by atoms with Crippen LogP contribution in [0.3, 0.4) is 0 Å². The van der Waals surface area contributed by atoms with Crippen molar-refractivity contribution in [2.45, 2.75) is 44.9 Å². The van der Waals surface area contributed by atoms with E-state index in [4.69, 9.17) is 5.73 Å². The minimum Gasteiger partial charge on any atom is -0.339 e. The summed E-state index contributed by atoms with van der Waals surface area (Å²) in [5.41, 5.74) is 5.66. The standard InChI is InChI=1S/C12H24N2OS/c1-9-5-10(6-13)7-14(9)11(15)8-16-12(2,3)4/h9-10H,5-8,13H2,1-4H3. The SMILES string of the molecule is CC1CC(CN)CN1C(=O)CSC(C)(C)C. The van der Waals surface area contributed by atoms with E-state index in [0.29, 0.717) is 24.3 Å². The summed E-state index contributed by atoms with van der Waals surface area (Å²) >= 11 is 1.72. The summed E-state index contributed by atoms with van der Waals surface area (Å²) < 4.78 is 0.159. The van der Waals surface area contributed by atoms with Gasteiger partial charge in [0.1, 0.15) is 0 Å². The molecule has 0 radical (unpaired) electrons. The van der Waals surface area contributed by atoms with E-state index in [1.165, 1.54) is 0 Å². The van der Waals surface area contributed by atoms with Crippen LogP contribution in [0.15, 0.2) is 0 Å². The summed E-state index contributed by atoms with van der Waals surface area (Å²) in [4.78, 5) is 14.0. The van der Waals surface area contributed by atoms with Gasteiger partial charge in [-0.3, -0.25) is 4.79 Å². The number of likely N-dealkylation sites (tertiary alicyclic amines) is 1. The molecule has 16 heavy (non-hydrogen) atoms. The molecule has 0 aliphatic carbocycles. The normalized spacial score (nSPS) is 26.2. The van der Waals surface area contributed by atoms with Crippen LogP contribution in [0.4, 0.5) is 0 Å². The third-order valence-corrected chi connectivity index (χ3v) is 4.20. The summed E-state index contributed by atoms with van der Waals surface area (Å²) in [5, 5.41) is 0. The van der Waals surface area contributed by atoms with E-state index in [2.05, 4.69) is 27.7 Å². The van der Waals surface area contributed by atoms with Crippen LogP contribution >= 0.6 is 11.8 Å². The molecule has 1 saturated heterocycles. The van der Waals surface area contributed by atoms with Crippen molar-refractivity contribution in [3.63, 3.8) is 0 Å². The second kappa shape index (κ2) is 5.41. The molecule has 2 N–H and O–H groups in total. The number of nitrogens with zero attached hydrogens (tertiary/aromatic N) is 1. The zero-order chi connectivity index (χ0) is 12.3. The van der Waals surface area contributed by atoms with E-state index >= 15 is 0 Å². The number of hydrogen-bond acceptors (Lipinski definition) is 3. The van der Waals surface area contributed by atoms with Gasteiger partial charge < -0.3 is 10.6 Å². The van der Waals surface area contributed by atoms with Crippen LogP contribution in [-0.4, -0.2) is 40.4 Å². The summed E-state index contributed by atoms with van der Waals surface area (Å²) in [5.74, 6) is 1.35. The first-order valence-corrected chi connectivity index (χ1v) is 6.95. The first-order chi connectivity index (χ1) is 7.33. The lowest BCUT2D eigenvalue weighted by Gasteiger charge is -2.24. The lowest BCUT2D eigenvalue weighted by Crippen LogP contribution is -2.36. The van der Waals surface area contributed by atoms with Gasteiger partial charge in [0, 0.05) is 17.3 Å². The van der Waals surface area contributed by atoms with Crippen LogP contribution in [0.25, 0.3) is 0 Å². The molecular weight excluding hydrogens is 220 g/mol. The topological polar surface area (TPSA) is 46.3 Å². The highest BCUT2D eigenvalue weighted by molar-refractivity contribution is 8.01. The molecule has 2 atom stereocenters. The first-order valence-electron chi connectivity index (χ1n) is 5.97. The van der Waals surface area contributed by atoms with Crippen molar-refractivity contribution in [1.29, 1.82) is 0 Å². The van der Waals surface area contributed by atoms with Crippen molar-refractivity contribution in [1.82, 2.24) is 4.90 Å². The Morgan fingerprint density at radius 3 is 2.56 bits per heavy atom. The second-order valence-electron chi connectivity index (χ2n) is 5.63. The minimum absolute atomic E-state index is 0.159. The van der Waals surface area contributed by atoms with Gasteiger partial charge in [0.05, 0.1) is 5.75 Å². The Morgan fingerprint density at radius 1 is 1.50 bits per heavy atom. The van der Waals surface area contributed by atoms with Crippen LogP contribution in [0.5, 0.6) is 0 Å². The maximum atomic E-state index is 12.0. The van der Waals surface area contributed by atoms with Gasteiger partial charge in [-0.25, -0.2) is 0 Å². The van der Waals surface area contributed by atoms with Crippen molar-refractivity contribution in [2.24, 2.45) is 11.7 Å². The van der Waals surface area contributed by atoms with E-state index in [0.717, 1.165) is 13.0 Å². The number of rotatable bonds is 3. The number of nitrogens with two attached hydrogens (primary N) is 1. The van der Waals surface area contributed by atoms with Crippen LogP contribution in [0.2, 0.25) is 0 Å². The molecule has 1 aliphatic rings. The second-order valence-corrected chi connectivity index (χ2v) is 7.44. The molecule has 1 rings (SSSR count). The van der Waals surface area contributed by atoms with Gasteiger partial charge in [-0.1, -0.05) is 20.8 Å². The smallest absolute Gasteiger partial charge is 0.232 e. The third-order valence-electron chi connectivity index (χ3n) is 2.94. The lowest BCUT2D eigenvalue weighted by atomic mass is 10.1. The number of carbonyl (C=O) groups is 1. The van der Waals surface area contributed by atoms with Gasteiger partial charge in [-0.2, -0.15) is 0 Å². The number of thioether (sulfide) groups is 1. The Morgan fingerprint density at radius 2 is 2.12 bits per heavy atom. The fourth-order valence-corrected chi connectivity index (χ4v) is 2.74. The zero-order valence-corrected chi connectivity index (χ0v) is 11.6. The Bertz CT molecular complexity index is 250. The van der Waals surface area contributed by atoms with Crippen molar-refractivity contribution >= 4 is 17.7 Å². The molecule has 1 fully saturated rings. The monoisotopic (exact) mass is 244 g/mol. The summed E-state index contributed by atoms with van der Waals surface area (Å²) in [7, 11) is 0. The van der Waals surface area contributed by atoms with Crippen molar-refractivity contribution < 1.29 is 4.79 Å². The molecular formula is C12H24N2OS. The Kier molecular flexibility index (Phi) is 4.68. The number of amides is 1. The van der Waals surface area contributed by atoms with Crippen molar-refractivity contribution in [2.75, 3.05) is 18.8 Å². The van der Waals surface area contributed by atoms with Gasteiger partial charge in [0.15, 0.2) is 0 Å². The average molecular weight is 244 g/mol. The molecule has 3 nitrogen and oxygen atoms in total. The predicted octanol–water partition coefficient (Wildman–Crippen LogP) is 1.71. The highest BCUT2D eigenvalue weighted by atomic mass is 32.2. The molecule has 0 aromatic carbocycles. The molecule has 1 amide bonds. The average Bonchev–Trinajstić information content (AvgIpc) is 2.55. The molecule has 1 aliphatic heterocycles. The van der Waals surface area contributed by atoms with Gasteiger partial charge >= 0.3 is 0 Å². The highest BCUT2D eigenvalue weighted by Gasteiger charge is 2.31. The maximum Gasteiger partial charge on any atom is 0.232 e. The summed E-state index contributed by atoms with van der Waals surface area (Å²) in [6, 6.07) is 0.363. The van der Waals surface area contributed by atoms with Crippen molar-refractivity contribution in [3.8, 4) is 0 Å². The number of hydrogen-bond donors (Lipinski definition) is 1. The predicted molar refractivity (Wildman–Crippen MR) is 70.5 cm³/mol. The molecule has 4 heteroatoms.